The summed E-state index contributed by atoms with van der Waals surface area (Å²) in [5.41, 5.74) is 0. The Labute approximate surface area is 115 Å². The van der Waals surface area contributed by atoms with E-state index < -0.39 is 30.5 Å². The summed E-state index contributed by atoms with van der Waals surface area (Å²) in [5.74, 6) is -1.35. The minimum atomic E-state index is -4.54. The van der Waals surface area contributed by atoms with Crippen molar-refractivity contribution in [2.24, 2.45) is 0 Å². The minimum Gasteiger partial charge on any atom is -0.329 e. The summed E-state index contributed by atoms with van der Waals surface area (Å²) in [4.78, 5) is 22.8. The fraction of sp³-hybridized carbons (Fsp3) is 0.273. The molecule has 20 heavy (non-hydrogen) atoms. The Kier molecular flexibility index (Phi) is 5.81. The molecule has 0 aliphatic carbocycles. The zero-order chi connectivity index (χ0) is 15.2. The highest BCUT2D eigenvalue weighted by molar-refractivity contribution is 8.00. The number of rotatable bonds is 4. The van der Waals surface area contributed by atoms with Crippen LogP contribution in [0.2, 0.25) is 0 Å². The van der Waals surface area contributed by atoms with Gasteiger partial charge in [0.05, 0.1) is 5.75 Å². The van der Waals surface area contributed by atoms with Crippen LogP contribution in [0.3, 0.4) is 0 Å². The van der Waals surface area contributed by atoms with Gasteiger partial charge >= 0.3 is 12.2 Å². The van der Waals surface area contributed by atoms with Crippen LogP contribution in [0.1, 0.15) is 0 Å². The van der Waals surface area contributed by atoms with E-state index in [1.807, 2.05) is 0 Å². The molecular weight excluding hydrogens is 300 g/mol. The Morgan fingerprint density at radius 1 is 1.15 bits per heavy atom. The predicted molar refractivity (Wildman–Crippen MR) is 64.7 cm³/mol. The highest BCUT2D eigenvalue weighted by Gasteiger charge is 2.27. The number of amides is 3. The lowest BCUT2D eigenvalue weighted by Gasteiger charge is -2.08. The van der Waals surface area contributed by atoms with Gasteiger partial charge in [0, 0.05) is 4.90 Å². The van der Waals surface area contributed by atoms with Crippen molar-refractivity contribution in [3.05, 3.63) is 30.1 Å². The van der Waals surface area contributed by atoms with Crippen molar-refractivity contribution in [1.82, 2.24) is 10.6 Å². The number of hydrogen-bond donors (Lipinski definition) is 2. The number of hydrogen-bond acceptors (Lipinski definition) is 3. The lowest BCUT2D eigenvalue weighted by molar-refractivity contribution is -0.124. The van der Waals surface area contributed by atoms with Crippen LogP contribution in [0.15, 0.2) is 29.2 Å². The van der Waals surface area contributed by atoms with Gasteiger partial charge in [-0.15, -0.1) is 11.8 Å². The number of benzene rings is 1. The molecule has 0 heterocycles. The zero-order valence-electron chi connectivity index (χ0n) is 9.96. The second kappa shape index (κ2) is 7.13. The number of halogens is 4. The first kappa shape index (κ1) is 16.3. The largest absolute Gasteiger partial charge is 0.405 e. The van der Waals surface area contributed by atoms with Crippen LogP contribution in [0.5, 0.6) is 0 Å². The van der Waals surface area contributed by atoms with Crippen LogP contribution >= 0.6 is 11.8 Å². The van der Waals surface area contributed by atoms with Gasteiger partial charge in [0.2, 0.25) is 5.91 Å². The van der Waals surface area contributed by atoms with Crippen LogP contribution in [0, 0.1) is 5.82 Å². The quantitative estimate of drug-likeness (QED) is 0.663. The standard InChI is InChI=1S/C11H10F4N2O2S/c12-7-1-3-8(4-2-7)20-5-9(18)17-10(19)16-6-11(13,14)15/h1-4H,5-6H2,(H2,16,17,18,19). The minimum absolute atomic E-state index is 0.176. The number of alkyl halides is 3. The maximum Gasteiger partial charge on any atom is 0.405 e. The molecular formula is C11H10F4N2O2S. The molecule has 3 amide bonds. The first-order valence-corrected chi connectivity index (χ1v) is 6.27. The zero-order valence-corrected chi connectivity index (χ0v) is 10.8. The molecule has 0 unspecified atom stereocenters. The molecule has 0 bridgehead atoms. The van der Waals surface area contributed by atoms with E-state index in [2.05, 4.69) is 0 Å². The van der Waals surface area contributed by atoms with E-state index in [0.717, 1.165) is 11.8 Å². The summed E-state index contributed by atoms with van der Waals surface area (Å²) < 4.78 is 48.0. The lowest BCUT2D eigenvalue weighted by atomic mass is 10.4. The summed E-state index contributed by atoms with van der Waals surface area (Å²) in [6.45, 7) is -1.52. The number of nitrogens with one attached hydrogen (secondary N) is 2. The summed E-state index contributed by atoms with van der Waals surface area (Å²) in [6, 6.07) is 4.08. The summed E-state index contributed by atoms with van der Waals surface area (Å²) in [5, 5.41) is 3.25. The number of imide groups is 1. The molecule has 0 saturated heterocycles. The second-order valence-corrected chi connectivity index (χ2v) is 4.64. The molecule has 1 aromatic carbocycles. The highest BCUT2D eigenvalue weighted by Crippen LogP contribution is 2.17. The molecule has 0 aliphatic rings. The number of thioether (sulfide) groups is 1. The van der Waals surface area contributed by atoms with Gasteiger partial charge in [-0.25, -0.2) is 9.18 Å². The highest BCUT2D eigenvalue weighted by atomic mass is 32.2. The molecule has 1 aromatic rings. The average molecular weight is 310 g/mol. The van der Waals surface area contributed by atoms with Crippen molar-refractivity contribution in [1.29, 1.82) is 0 Å². The summed E-state index contributed by atoms with van der Waals surface area (Å²) in [7, 11) is 0. The van der Waals surface area contributed by atoms with E-state index in [9.17, 15) is 27.2 Å². The first-order valence-electron chi connectivity index (χ1n) is 5.29. The third-order valence-electron chi connectivity index (χ3n) is 1.89. The van der Waals surface area contributed by atoms with Gasteiger partial charge in [-0.2, -0.15) is 13.2 Å². The fourth-order valence-corrected chi connectivity index (χ4v) is 1.77. The Bertz CT molecular complexity index is 476. The first-order chi connectivity index (χ1) is 9.26. The maximum absolute atomic E-state index is 12.6. The summed E-state index contributed by atoms with van der Waals surface area (Å²) in [6.07, 6.45) is -4.54. The van der Waals surface area contributed by atoms with Gasteiger partial charge in [-0.05, 0) is 24.3 Å². The van der Waals surface area contributed by atoms with E-state index in [0.29, 0.717) is 4.90 Å². The molecule has 0 saturated carbocycles. The normalized spacial score (nSPS) is 11.0. The molecule has 2 N–H and O–H groups in total. The lowest BCUT2D eigenvalue weighted by Crippen LogP contribution is -2.43. The molecule has 0 atom stereocenters. The molecule has 0 spiro atoms. The Morgan fingerprint density at radius 3 is 2.30 bits per heavy atom. The van der Waals surface area contributed by atoms with Gasteiger partial charge in [0.15, 0.2) is 0 Å². The van der Waals surface area contributed by atoms with E-state index >= 15 is 0 Å². The van der Waals surface area contributed by atoms with Crippen molar-refractivity contribution in [2.45, 2.75) is 11.1 Å². The molecule has 9 heteroatoms. The SMILES string of the molecule is O=C(CSc1ccc(F)cc1)NC(=O)NCC(F)(F)F. The van der Waals surface area contributed by atoms with Gasteiger partial charge in [0.1, 0.15) is 12.4 Å². The molecule has 0 radical (unpaired) electrons. The third-order valence-corrected chi connectivity index (χ3v) is 2.90. The predicted octanol–water partition coefficient (Wildman–Crippen LogP) is 2.31. The van der Waals surface area contributed by atoms with Crippen molar-refractivity contribution in [3.63, 3.8) is 0 Å². The van der Waals surface area contributed by atoms with E-state index in [-0.39, 0.29) is 5.75 Å². The Morgan fingerprint density at radius 2 is 1.75 bits per heavy atom. The average Bonchev–Trinajstić information content (AvgIpc) is 2.35. The molecule has 110 valence electrons. The van der Waals surface area contributed by atoms with Crippen molar-refractivity contribution >= 4 is 23.7 Å². The molecule has 0 aliphatic heterocycles. The molecule has 4 nitrogen and oxygen atoms in total. The Balaban J connectivity index is 2.29. The van der Waals surface area contributed by atoms with Crippen molar-refractivity contribution in [3.8, 4) is 0 Å². The molecule has 0 aromatic heterocycles. The monoisotopic (exact) mass is 310 g/mol. The van der Waals surface area contributed by atoms with Crippen LogP contribution in [0.4, 0.5) is 22.4 Å². The van der Waals surface area contributed by atoms with Crippen LogP contribution < -0.4 is 10.6 Å². The maximum atomic E-state index is 12.6. The topological polar surface area (TPSA) is 58.2 Å². The van der Waals surface area contributed by atoms with Crippen molar-refractivity contribution in [2.75, 3.05) is 12.3 Å². The smallest absolute Gasteiger partial charge is 0.329 e. The number of carbonyl (C=O) groups excluding carboxylic acids is 2. The fourth-order valence-electron chi connectivity index (χ4n) is 1.07. The van der Waals surface area contributed by atoms with Gasteiger partial charge < -0.3 is 5.32 Å². The van der Waals surface area contributed by atoms with Crippen molar-refractivity contribution < 1.29 is 27.2 Å². The number of carbonyl (C=O) groups is 2. The van der Waals surface area contributed by atoms with Crippen LogP contribution in [-0.4, -0.2) is 30.4 Å². The molecule has 0 fully saturated rings. The van der Waals surface area contributed by atoms with Gasteiger partial charge in [-0.3, -0.25) is 10.1 Å². The van der Waals surface area contributed by atoms with Gasteiger partial charge in [-0.1, -0.05) is 0 Å². The Hall–Kier alpha value is -1.77. The van der Waals surface area contributed by atoms with E-state index in [1.54, 1.807) is 5.32 Å². The number of urea groups is 1. The van der Waals surface area contributed by atoms with E-state index in [1.165, 1.54) is 29.6 Å². The van der Waals surface area contributed by atoms with E-state index in [4.69, 9.17) is 0 Å². The molecule has 1 rings (SSSR count). The summed E-state index contributed by atoms with van der Waals surface area (Å²) >= 11 is 1.02. The third kappa shape index (κ3) is 6.98. The van der Waals surface area contributed by atoms with Crippen LogP contribution in [-0.2, 0) is 4.79 Å². The van der Waals surface area contributed by atoms with Crippen LogP contribution in [0.25, 0.3) is 0 Å². The van der Waals surface area contributed by atoms with Gasteiger partial charge in [0.25, 0.3) is 0 Å². The second-order valence-electron chi connectivity index (χ2n) is 3.59.